The van der Waals surface area contributed by atoms with Gasteiger partial charge in [0.15, 0.2) is 0 Å². The molecule has 1 atom stereocenters. The Morgan fingerprint density at radius 2 is 1.76 bits per heavy atom. The van der Waals surface area contributed by atoms with E-state index in [0.29, 0.717) is 26.2 Å². The number of amides is 1. The molecular weight excluding hydrogens is 270 g/mol. The third kappa shape index (κ3) is 6.36. The molecule has 0 spiro atoms. The molecule has 0 N–H and O–H groups in total. The number of hydrogen-bond acceptors (Lipinski definition) is 4. The summed E-state index contributed by atoms with van der Waals surface area (Å²) in [6.07, 6.45) is 7.52. The van der Waals surface area contributed by atoms with E-state index in [9.17, 15) is 9.59 Å². The number of rotatable bonds is 9. The van der Waals surface area contributed by atoms with Gasteiger partial charge in [-0.3, -0.25) is 4.90 Å². The number of likely N-dealkylation sites (tertiary alicyclic amines) is 1. The quantitative estimate of drug-likeness (QED) is 0.483. The van der Waals surface area contributed by atoms with Crippen molar-refractivity contribution in [2.75, 3.05) is 19.8 Å². The van der Waals surface area contributed by atoms with E-state index in [-0.39, 0.29) is 12.1 Å². The normalized spacial score (nSPS) is 17.8. The largest absolute Gasteiger partial charge is 0.464 e. The lowest BCUT2D eigenvalue weighted by molar-refractivity contribution is -0.148. The number of carbonyl (C=O) groups excluding carboxylic acids is 2. The molecule has 1 aliphatic rings. The summed E-state index contributed by atoms with van der Waals surface area (Å²) >= 11 is 0. The molecule has 0 unspecified atom stereocenters. The van der Waals surface area contributed by atoms with Gasteiger partial charge in [-0.1, -0.05) is 39.5 Å². The smallest absolute Gasteiger partial charge is 0.410 e. The summed E-state index contributed by atoms with van der Waals surface area (Å²) in [5.74, 6) is -0.281. The Kier molecular flexibility index (Phi) is 8.87. The molecule has 1 fully saturated rings. The van der Waals surface area contributed by atoms with Crippen LogP contribution < -0.4 is 0 Å². The molecule has 0 bridgehead atoms. The van der Waals surface area contributed by atoms with E-state index in [1.54, 1.807) is 0 Å². The van der Waals surface area contributed by atoms with Gasteiger partial charge in [-0.25, -0.2) is 9.59 Å². The summed E-state index contributed by atoms with van der Waals surface area (Å²) in [6, 6.07) is -0.454. The molecule has 1 heterocycles. The van der Waals surface area contributed by atoms with Crippen molar-refractivity contribution in [2.24, 2.45) is 0 Å². The molecule has 1 rings (SSSR count). The van der Waals surface area contributed by atoms with E-state index >= 15 is 0 Å². The first-order valence-corrected chi connectivity index (χ1v) is 8.30. The van der Waals surface area contributed by atoms with Crippen LogP contribution in [0, 0.1) is 0 Å². The van der Waals surface area contributed by atoms with Crippen molar-refractivity contribution in [1.82, 2.24) is 4.90 Å². The van der Waals surface area contributed by atoms with Gasteiger partial charge in [-0.15, -0.1) is 0 Å². The number of unbranched alkanes of at least 4 members (excludes halogenated alkanes) is 4. The number of esters is 1. The van der Waals surface area contributed by atoms with E-state index < -0.39 is 6.04 Å². The van der Waals surface area contributed by atoms with Crippen molar-refractivity contribution >= 4 is 12.1 Å². The van der Waals surface area contributed by atoms with Crippen LogP contribution in [0.5, 0.6) is 0 Å². The number of hydrogen-bond donors (Lipinski definition) is 0. The van der Waals surface area contributed by atoms with Crippen LogP contribution in [-0.4, -0.2) is 42.8 Å². The molecule has 0 saturated carbocycles. The number of carbonyl (C=O) groups is 2. The molecule has 5 nitrogen and oxygen atoms in total. The highest BCUT2D eigenvalue weighted by Gasteiger charge is 2.36. The van der Waals surface area contributed by atoms with Crippen molar-refractivity contribution < 1.29 is 19.1 Å². The molecule has 0 aromatic rings. The predicted octanol–water partition coefficient (Wildman–Crippen LogP) is 3.51. The Morgan fingerprint density at radius 1 is 1.00 bits per heavy atom. The molecule has 0 aromatic carbocycles. The van der Waals surface area contributed by atoms with Gasteiger partial charge in [0.2, 0.25) is 0 Å². The van der Waals surface area contributed by atoms with Crippen LogP contribution in [0.3, 0.4) is 0 Å². The van der Waals surface area contributed by atoms with Gasteiger partial charge < -0.3 is 9.47 Å². The summed E-state index contributed by atoms with van der Waals surface area (Å²) < 4.78 is 10.4. The Morgan fingerprint density at radius 3 is 2.48 bits per heavy atom. The first kappa shape index (κ1) is 17.8. The number of ether oxygens (including phenoxy) is 2. The number of nitrogens with zero attached hydrogens (tertiary/aromatic N) is 1. The Labute approximate surface area is 128 Å². The first-order valence-electron chi connectivity index (χ1n) is 8.30. The van der Waals surface area contributed by atoms with E-state index in [0.717, 1.165) is 25.7 Å². The minimum absolute atomic E-state index is 0.281. The van der Waals surface area contributed by atoms with Gasteiger partial charge >= 0.3 is 12.1 Å². The van der Waals surface area contributed by atoms with Crippen LogP contribution in [-0.2, 0) is 14.3 Å². The maximum absolute atomic E-state index is 12.1. The standard InChI is InChI=1S/C16H29NO4/c1-3-5-6-7-8-13-20-15(18)14-10-9-11-17(14)16(19)21-12-4-2/h14H,3-13H2,1-2H3/t14-/m0/s1. The fourth-order valence-corrected chi connectivity index (χ4v) is 2.48. The SMILES string of the molecule is CCCCCCCOC(=O)[C@@H]1CCCN1C(=O)OCCC. The highest BCUT2D eigenvalue weighted by molar-refractivity contribution is 5.82. The van der Waals surface area contributed by atoms with Gasteiger partial charge in [0.05, 0.1) is 13.2 Å². The Hall–Kier alpha value is -1.26. The van der Waals surface area contributed by atoms with Gasteiger partial charge in [-0.2, -0.15) is 0 Å². The van der Waals surface area contributed by atoms with Gasteiger partial charge in [0, 0.05) is 6.54 Å². The monoisotopic (exact) mass is 299 g/mol. The molecule has 5 heteroatoms. The average molecular weight is 299 g/mol. The second kappa shape index (κ2) is 10.5. The van der Waals surface area contributed by atoms with Crippen LogP contribution in [0.1, 0.15) is 65.2 Å². The molecule has 122 valence electrons. The van der Waals surface area contributed by atoms with E-state index in [1.807, 2.05) is 6.92 Å². The Bertz CT molecular complexity index is 319. The summed E-state index contributed by atoms with van der Waals surface area (Å²) in [7, 11) is 0. The molecule has 1 aliphatic heterocycles. The maximum Gasteiger partial charge on any atom is 0.410 e. The molecule has 21 heavy (non-hydrogen) atoms. The third-order valence-corrected chi connectivity index (χ3v) is 3.68. The van der Waals surface area contributed by atoms with E-state index in [2.05, 4.69) is 6.92 Å². The molecule has 0 radical (unpaired) electrons. The lowest BCUT2D eigenvalue weighted by Crippen LogP contribution is -2.41. The van der Waals surface area contributed by atoms with Crippen LogP contribution >= 0.6 is 0 Å². The fourth-order valence-electron chi connectivity index (χ4n) is 2.48. The average Bonchev–Trinajstić information content (AvgIpc) is 2.97. The third-order valence-electron chi connectivity index (χ3n) is 3.68. The van der Waals surface area contributed by atoms with Crippen LogP contribution in [0.15, 0.2) is 0 Å². The van der Waals surface area contributed by atoms with Gasteiger partial charge in [0.1, 0.15) is 6.04 Å². The van der Waals surface area contributed by atoms with Crippen LogP contribution in [0.4, 0.5) is 4.79 Å². The van der Waals surface area contributed by atoms with E-state index in [4.69, 9.17) is 9.47 Å². The summed E-state index contributed by atoms with van der Waals surface area (Å²) in [5.41, 5.74) is 0. The zero-order valence-corrected chi connectivity index (χ0v) is 13.4. The lowest BCUT2D eigenvalue weighted by Gasteiger charge is -2.22. The summed E-state index contributed by atoms with van der Waals surface area (Å²) in [4.78, 5) is 25.4. The highest BCUT2D eigenvalue weighted by atomic mass is 16.6. The molecule has 1 saturated heterocycles. The fraction of sp³-hybridized carbons (Fsp3) is 0.875. The topological polar surface area (TPSA) is 55.8 Å². The minimum atomic E-state index is -0.454. The minimum Gasteiger partial charge on any atom is -0.464 e. The van der Waals surface area contributed by atoms with Crippen LogP contribution in [0.25, 0.3) is 0 Å². The lowest BCUT2D eigenvalue weighted by atomic mass is 10.2. The molecule has 1 amide bonds. The van der Waals surface area contributed by atoms with Crippen molar-refractivity contribution in [1.29, 1.82) is 0 Å². The van der Waals surface area contributed by atoms with Crippen molar-refractivity contribution in [3.63, 3.8) is 0 Å². The van der Waals surface area contributed by atoms with Crippen molar-refractivity contribution in [3.8, 4) is 0 Å². The molecule has 0 aromatic heterocycles. The predicted molar refractivity (Wildman–Crippen MR) is 81.1 cm³/mol. The zero-order chi connectivity index (χ0) is 15.5. The van der Waals surface area contributed by atoms with Gasteiger partial charge in [0.25, 0.3) is 0 Å². The summed E-state index contributed by atoms with van der Waals surface area (Å²) in [5, 5.41) is 0. The van der Waals surface area contributed by atoms with Crippen molar-refractivity contribution in [3.05, 3.63) is 0 Å². The second-order valence-electron chi connectivity index (χ2n) is 5.55. The highest BCUT2D eigenvalue weighted by Crippen LogP contribution is 2.19. The molecular formula is C16H29NO4. The van der Waals surface area contributed by atoms with Gasteiger partial charge in [-0.05, 0) is 25.7 Å². The van der Waals surface area contributed by atoms with Crippen molar-refractivity contribution in [2.45, 2.75) is 71.3 Å². The second-order valence-corrected chi connectivity index (χ2v) is 5.55. The Balaban J connectivity index is 2.26. The first-order chi connectivity index (χ1) is 10.2. The maximum atomic E-state index is 12.1. The van der Waals surface area contributed by atoms with E-state index in [1.165, 1.54) is 24.2 Å². The summed E-state index contributed by atoms with van der Waals surface area (Å²) in [6.45, 7) is 5.55. The molecule has 0 aliphatic carbocycles. The van der Waals surface area contributed by atoms with Crippen LogP contribution in [0.2, 0.25) is 0 Å². The zero-order valence-electron chi connectivity index (χ0n) is 13.4.